The number of nitrogens with one attached hydrogen (secondary N) is 1. The van der Waals surface area contributed by atoms with Crippen LogP contribution in [0.4, 0.5) is 0 Å². The molecule has 0 spiro atoms. The Balaban J connectivity index is 1.44. The van der Waals surface area contributed by atoms with E-state index in [1.807, 2.05) is 30.3 Å². The lowest BCUT2D eigenvalue weighted by Gasteiger charge is -2.34. The molecule has 2 saturated heterocycles. The third-order valence-electron chi connectivity index (χ3n) is 4.87. The molecule has 0 aromatic heterocycles. The second kappa shape index (κ2) is 8.08. The molecule has 3 rings (SSSR count). The van der Waals surface area contributed by atoms with Gasteiger partial charge in [0, 0.05) is 39.5 Å². The van der Waals surface area contributed by atoms with Gasteiger partial charge in [0.25, 0.3) is 0 Å². The summed E-state index contributed by atoms with van der Waals surface area (Å²) in [6, 6.07) is 9.94. The molecule has 0 bridgehead atoms. The molecule has 0 aliphatic carbocycles. The number of likely N-dealkylation sites (tertiary alicyclic amines) is 1. The predicted molar refractivity (Wildman–Crippen MR) is 99.8 cm³/mol. The van der Waals surface area contributed by atoms with Crippen LogP contribution >= 0.6 is 0 Å². The predicted octanol–water partition coefficient (Wildman–Crippen LogP) is 1.54. The van der Waals surface area contributed by atoms with Crippen LogP contribution in [0.3, 0.4) is 0 Å². The number of ether oxygens (including phenoxy) is 1. The van der Waals surface area contributed by atoms with E-state index in [9.17, 15) is 8.42 Å². The van der Waals surface area contributed by atoms with Crippen molar-refractivity contribution in [3.05, 3.63) is 30.3 Å². The van der Waals surface area contributed by atoms with Crippen molar-refractivity contribution in [2.24, 2.45) is 10.9 Å². The second-order valence-electron chi connectivity index (χ2n) is 6.81. The molecule has 7 heteroatoms. The van der Waals surface area contributed by atoms with Crippen LogP contribution in [0.1, 0.15) is 19.3 Å². The Kier molecular flexibility index (Phi) is 5.83. The molecule has 1 aromatic carbocycles. The first-order valence-corrected chi connectivity index (χ1v) is 10.8. The smallest absolute Gasteiger partial charge is 0.193 e. The van der Waals surface area contributed by atoms with Crippen molar-refractivity contribution in [3.8, 4) is 5.75 Å². The molecule has 0 amide bonds. The van der Waals surface area contributed by atoms with Crippen LogP contribution in [-0.4, -0.2) is 63.6 Å². The first-order chi connectivity index (χ1) is 12.1. The molecule has 2 aliphatic heterocycles. The standard InChI is InChI=1S/C18H27N3O3S/c1-19-18(20-13-15-9-12-25(22,23)14-15)21-10-7-17(8-11-21)24-16-5-3-2-4-6-16/h2-6,15,17H,7-14H2,1H3,(H,19,20). The summed E-state index contributed by atoms with van der Waals surface area (Å²) in [5.74, 6) is 2.60. The Hall–Kier alpha value is -1.76. The molecule has 25 heavy (non-hydrogen) atoms. The molecule has 0 saturated carbocycles. The van der Waals surface area contributed by atoms with Crippen LogP contribution in [0.2, 0.25) is 0 Å². The van der Waals surface area contributed by atoms with Gasteiger partial charge in [-0.25, -0.2) is 8.42 Å². The van der Waals surface area contributed by atoms with Gasteiger partial charge in [-0.1, -0.05) is 18.2 Å². The SMILES string of the molecule is CN=C(NCC1CCS(=O)(=O)C1)N1CCC(Oc2ccccc2)CC1. The summed E-state index contributed by atoms with van der Waals surface area (Å²) in [5.41, 5.74) is 0. The van der Waals surface area contributed by atoms with Gasteiger partial charge < -0.3 is 15.0 Å². The Labute approximate surface area is 150 Å². The molecule has 1 aromatic rings. The normalized spacial score (nSPS) is 24.3. The van der Waals surface area contributed by atoms with Crippen LogP contribution in [0.15, 0.2) is 35.3 Å². The van der Waals surface area contributed by atoms with Gasteiger partial charge in [-0.3, -0.25) is 4.99 Å². The number of aliphatic imine (C=N–C) groups is 1. The van der Waals surface area contributed by atoms with E-state index in [4.69, 9.17) is 4.74 Å². The fraction of sp³-hybridized carbons (Fsp3) is 0.611. The maximum atomic E-state index is 11.6. The van der Waals surface area contributed by atoms with Crippen molar-refractivity contribution >= 4 is 15.8 Å². The Bertz CT molecular complexity index is 683. The minimum atomic E-state index is -2.82. The van der Waals surface area contributed by atoms with Gasteiger partial charge in [0.1, 0.15) is 11.9 Å². The minimum Gasteiger partial charge on any atom is -0.490 e. The van der Waals surface area contributed by atoms with Crippen molar-refractivity contribution < 1.29 is 13.2 Å². The number of sulfone groups is 1. The van der Waals surface area contributed by atoms with E-state index in [-0.39, 0.29) is 12.0 Å². The summed E-state index contributed by atoms with van der Waals surface area (Å²) >= 11 is 0. The monoisotopic (exact) mass is 365 g/mol. The molecule has 2 aliphatic rings. The highest BCUT2D eigenvalue weighted by atomic mass is 32.2. The Morgan fingerprint density at radius 2 is 1.96 bits per heavy atom. The van der Waals surface area contributed by atoms with Crippen molar-refractivity contribution in [1.29, 1.82) is 0 Å². The summed E-state index contributed by atoms with van der Waals surface area (Å²) < 4.78 is 29.1. The van der Waals surface area contributed by atoms with Crippen LogP contribution in [0, 0.1) is 5.92 Å². The number of guanidine groups is 1. The molecule has 1 unspecified atom stereocenters. The highest BCUT2D eigenvalue weighted by Crippen LogP contribution is 2.20. The van der Waals surface area contributed by atoms with Gasteiger partial charge in [-0.2, -0.15) is 0 Å². The Morgan fingerprint density at radius 3 is 2.56 bits per heavy atom. The van der Waals surface area contributed by atoms with Crippen LogP contribution in [0.5, 0.6) is 5.75 Å². The fourth-order valence-electron chi connectivity index (χ4n) is 3.48. The van der Waals surface area contributed by atoms with Gasteiger partial charge >= 0.3 is 0 Å². The van der Waals surface area contributed by atoms with Crippen LogP contribution < -0.4 is 10.1 Å². The molecule has 2 fully saturated rings. The highest BCUT2D eigenvalue weighted by molar-refractivity contribution is 7.91. The fourth-order valence-corrected chi connectivity index (χ4v) is 5.34. The average molecular weight is 365 g/mol. The molecule has 6 nitrogen and oxygen atoms in total. The largest absolute Gasteiger partial charge is 0.490 e. The third kappa shape index (κ3) is 5.11. The van der Waals surface area contributed by atoms with Gasteiger partial charge in [-0.05, 0) is 24.5 Å². The number of hydrogen-bond donors (Lipinski definition) is 1. The van der Waals surface area contributed by atoms with Gasteiger partial charge in [0.05, 0.1) is 11.5 Å². The van der Waals surface area contributed by atoms with E-state index in [2.05, 4.69) is 15.2 Å². The van der Waals surface area contributed by atoms with Crippen molar-refractivity contribution in [2.75, 3.05) is 38.2 Å². The summed E-state index contributed by atoms with van der Waals surface area (Å²) in [6.07, 6.45) is 2.89. The van der Waals surface area contributed by atoms with E-state index in [0.29, 0.717) is 18.1 Å². The van der Waals surface area contributed by atoms with E-state index in [1.54, 1.807) is 7.05 Å². The molecule has 1 N–H and O–H groups in total. The summed E-state index contributed by atoms with van der Waals surface area (Å²) in [6.45, 7) is 2.45. The zero-order valence-electron chi connectivity index (χ0n) is 14.7. The van der Waals surface area contributed by atoms with Crippen LogP contribution in [-0.2, 0) is 9.84 Å². The zero-order valence-corrected chi connectivity index (χ0v) is 15.5. The quantitative estimate of drug-likeness (QED) is 0.647. The zero-order chi connectivity index (χ0) is 17.7. The number of nitrogens with zero attached hydrogens (tertiary/aromatic N) is 2. The average Bonchev–Trinajstić information content (AvgIpc) is 2.97. The van der Waals surface area contributed by atoms with Gasteiger partial charge in [-0.15, -0.1) is 0 Å². The first kappa shape index (κ1) is 18.0. The lowest BCUT2D eigenvalue weighted by atomic mass is 10.1. The lowest BCUT2D eigenvalue weighted by Crippen LogP contribution is -2.48. The molecule has 0 radical (unpaired) electrons. The number of benzene rings is 1. The molecular formula is C18H27N3O3S. The molecule has 138 valence electrons. The number of piperidine rings is 1. The topological polar surface area (TPSA) is 71.0 Å². The van der Waals surface area contributed by atoms with Crippen molar-refractivity contribution in [3.63, 3.8) is 0 Å². The van der Waals surface area contributed by atoms with E-state index < -0.39 is 9.84 Å². The maximum Gasteiger partial charge on any atom is 0.193 e. The van der Waals surface area contributed by atoms with E-state index in [0.717, 1.165) is 44.1 Å². The second-order valence-corrected chi connectivity index (χ2v) is 9.04. The maximum absolute atomic E-state index is 11.6. The highest BCUT2D eigenvalue weighted by Gasteiger charge is 2.28. The molecular weight excluding hydrogens is 338 g/mol. The summed E-state index contributed by atoms with van der Waals surface area (Å²) in [4.78, 5) is 6.59. The lowest BCUT2D eigenvalue weighted by molar-refractivity contribution is 0.129. The van der Waals surface area contributed by atoms with Crippen LogP contribution in [0.25, 0.3) is 0 Å². The van der Waals surface area contributed by atoms with Gasteiger partial charge in [0.2, 0.25) is 0 Å². The third-order valence-corrected chi connectivity index (χ3v) is 6.71. The first-order valence-electron chi connectivity index (χ1n) is 8.93. The Morgan fingerprint density at radius 1 is 1.24 bits per heavy atom. The van der Waals surface area contributed by atoms with E-state index >= 15 is 0 Å². The van der Waals surface area contributed by atoms with E-state index in [1.165, 1.54) is 0 Å². The molecule has 2 heterocycles. The molecule has 1 atom stereocenters. The number of hydrogen-bond acceptors (Lipinski definition) is 4. The van der Waals surface area contributed by atoms with Crippen molar-refractivity contribution in [2.45, 2.75) is 25.4 Å². The minimum absolute atomic E-state index is 0.195. The number of rotatable bonds is 4. The summed E-state index contributed by atoms with van der Waals surface area (Å²) in [7, 11) is -1.04. The van der Waals surface area contributed by atoms with Crippen molar-refractivity contribution in [1.82, 2.24) is 10.2 Å². The number of para-hydroxylation sites is 1. The van der Waals surface area contributed by atoms with Gasteiger partial charge in [0.15, 0.2) is 15.8 Å². The summed E-state index contributed by atoms with van der Waals surface area (Å²) in [5, 5.41) is 3.35.